The van der Waals surface area contributed by atoms with Gasteiger partial charge in [-0.25, -0.2) is 0 Å². The van der Waals surface area contributed by atoms with Crippen LogP contribution in [0.1, 0.15) is 56.3 Å². The highest BCUT2D eigenvalue weighted by Crippen LogP contribution is 2.32. The molecule has 212 valence electrons. The van der Waals surface area contributed by atoms with Gasteiger partial charge in [-0.3, -0.25) is 14.4 Å². The summed E-state index contributed by atoms with van der Waals surface area (Å²) < 4.78 is 10.6. The molecule has 1 N–H and O–H groups in total. The highest BCUT2D eigenvalue weighted by molar-refractivity contribution is 5.99. The summed E-state index contributed by atoms with van der Waals surface area (Å²) >= 11 is 0. The van der Waals surface area contributed by atoms with Crippen LogP contribution in [0.3, 0.4) is 0 Å². The van der Waals surface area contributed by atoms with Gasteiger partial charge in [0.2, 0.25) is 23.4 Å². The van der Waals surface area contributed by atoms with Crippen molar-refractivity contribution >= 4 is 17.6 Å². The first-order chi connectivity index (χ1) is 19.3. The Balaban J connectivity index is 1.48. The van der Waals surface area contributed by atoms with Gasteiger partial charge in [0, 0.05) is 31.0 Å². The number of amides is 2. The molecule has 3 aromatic rings. The quantitative estimate of drug-likeness (QED) is 0.336. The van der Waals surface area contributed by atoms with E-state index >= 15 is 0 Å². The van der Waals surface area contributed by atoms with Crippen molar-refractivity contribution in [2.75, 3.05) is 26.3 Å². The predicted molar refractivity (Wildman–Crippen MR) is 150 cm³/mol. The maximum atomic E-state index is 13.7. The molecule has 2 aromatic carbocycles. The summed E-state index contributed by atoms with van der Waals surface area (Å²) in [4.78, 5) is 46.2. The molecule has 9 heteroatoms. The molecule has 0 bridgehead atoms. The van der Waals surface area contributed by atoms with Crippen LogP contribution in [0.15, 0.2) is 65.2 Å². The summed E-state index contributed by atoms with van der Waals surface area (Å²) in [6, 6.07) is 18.5. The minimum atomic E-state index is -0.852. The monoisotopic (exact) mass is 546 g/mol. The zero-order valence-corrected chi connectivity index (χ0v) is 23.5. The van der Waals surface area contributed by atoms with Crippen molar-refractivity contribution in [1.82, 2.24) is 20.4 Å². The molecule has 2 amide bonds. The largest absolute Gasteiger partial charge is 0.378 e. The highest BCUT2D eigenvalue weighted by Gasteiger charge is 2.34. The second-order valence-electron chi connectivity index (χ2n) is 11.0. The molecule has 40 heavy (non-hydrogen) atoms. The average molecular weight is 547 g/mol. The number of hydrogen-bond acceptors (Lipinski definition) is 7. The van der Waals surface area contributed by atoms with E-state index in [1.165, 1.54) is 5.56 Å². The number of ether oxygens (including phenoxy) is 1. The van der Waals surface area contributed by atoms with Gasteiger partial charge in [-0.2, -0.15) is 4.98 Å². The summed E-state index contributed by atoms with van der Waals surface area (Å²) in [6.07, 6.45) is 1.63. The Hall–Kier alpha value is -3.85. The van der Waals surface area contributed by atoms with Gasteiger partial charge in [0.15, 0.2) is 0 Å². The molecule has 0 saturated carbocycles. The van der Waals surface area contributed by atoms with Crippen molar-refractivity contribution in [3.63, 3.8) is 0 Å². The second-order valence-corrected chi connectivity index (χ2v) is 11.0. The number of rotatable bonds is 12. The number of morpholine rings is 1. The smallest absolute Gasteiger partial charge is 0.296 e. The first-order valence-corrected chi connectivity index (χ1v) is 13.9. The molecule has 1 aliphatic rings. The number of carbonyl (C=O) groups is 3. The lowest BCUT2D eigenvalue weighted by Gasteiger charge is -2.32. The van der Waals surface area contributed by atoms with Gasteiger partial charge in [-0.1, -0.05) is 86.6 Å². The normalized spacial score (nSPS) is 15.3. The number of ketones is 1. The summed E-state index contributed by atoms with van der Waals surface area (Å²) in [5.74, 6) is -1.32. The molecule has 0 spiro atoms. The van der Waals surface area contributed by atoms with E-state index in [9.17, 15) is 14.4 Å². The molecule has 2 heterocycles. The van der Waals surface area contributed by atoms with E-state index in [1.54, 1.807) is 4.90 Å². The number of Topliss-reactive ketones (excluding diaryl/α,β-unsaturated/α-hetero) is 1. The van der Waals surface area contributed by atoms with Crippen LogP contribution in [0, 0.1) is 11.3 Å². The van der Waals surface area contributed by atoms with E-state index in [0.29, 0.717) is 45.0 Å². The van der Waals surface area contributed by atoms with Crippen LogP contribution < -0.4 is 5.32 Å². The molecule has 1 unspecified atom stereocenters. The second kappa shape index (κ2) is 13.5. The number of nitrogens with one attached hydrogen (secondary N) is 1. The average Bonchev–Trinajstić information content (AvgIpc) is 3.47. The van der Waals surface area contributed by atoms with Crippen molar-refractivity contribution in [3.05, 3.63) is 72.1 Å². The third-order valence-corrected chi connectivity index (χ3v) is 7.19. The van der Waals surface area contributed by atoms with Gasteiger partial charge >= 0.3 is 0 Å². The third kappa shape index (κ3) is 7.85. The number of hydrogen-bond donors (Lipinski definition) is 1. The minimum absolute atomic E-state index is 0.0629. The van der Waals surface area contributed by atoms with E-state index < -0.39 is 17.7 Å². The van der Waals surface area contributed by atoms with Gasteiger partial charge in [0.1, 0.15) is 0 Å². The van der Waals surface area contributed by atoms with Crippen LogP contribution in [0.4, 0.5) is 0 Å². The van der Waals surface area contributed by atoms with Crippen molar-refractivity contribution < 1.29 is 23.6 Å². The molecule has 1 aromatic heterocycles. The zero-order valence-electron chi connectivity index (χ0n) is 23.5. The van der Waals surface area contributed by atoms with Gasteiger partial charge in [-0.05, 0) is 30.2 Å². The van der Waals surface area contributed by atoms with E-state index in [0.717, 1.165) is 12.0 Å². The van der Waals surface area contributed by atoms with Crippen LogP contribution in [-0.4, -0.2) is 65.0 Å². The van der Waals surface area contributed by atoms with Crippen LogP contribution in [-0.2, 0) is 20.7 Å². The lowest BCUT2D eigenvalue weighted by Crippen LogP contribution is -2.47. The molecule has 1 fully saturated rings. The Morgan fingerprint density at radius 2 is 1.65 bits per heavy atom. The summed E-state index contributed by atoms with van der Waals surface area (Å²) in [5, 5.41) is 6.84. The number of benzene rings is 2. The molecular formula is C31H38N4O5. The van der Waals surface area contributed by atoms with Crippen LogP contribution >= 0.6 is 0 Å². The first kappa shape index (κ1) is 29.1. The number of nitrogens with zero attached hydrogens (tertiary/aromatic N) is 3. The van der Waals surface area contributed by atoms with Crippen LogP contribution in [0.2, 0.25) is 0 Å². The van der Waals surface area contributed by atoms with Crippen LogP contribution in [0.5, 0.6) is 0 Å². The van der Waals surface area contributed by atoms with Gasteiger partial charge in [-0.15, -0.1) is 0 Å². The van der Waals surface area contributed by atoms with Crippen molar-refractivity contribution in [2.45, 2.75) is 52.5 Å². The summed E-state index contributed by atoms with van der Waals surface area (Å²) in [7, 11) is 0. The standard InChI is InChI=1S/C31H38N4O5/c1-4-25(27(37)30-33-28(34-40-30)23-13-9-6-10-14-23)32-29(38)24(19-26(36)35-15-17-39-18-16-35)21-31(2,3)20-22-11-7-5-8-12-22/h5-14,24-25H,4,15-21H2,1-3H3,(H,32,38)/t24?,25-/m1/s1. The number of carbonyl (C=O) groups excluding carboxylic acids is 3. The van der Waals surface area contributed by atoms with Crippen LogP contribution in [0.25, 0.3) is 11.4 Å². The molecular weight excluding hydrogens is 508 g/mol. The molecule has 4 rings (SSSR count). The fourth-order valence-corrected chi connectivity index (χ4v) is 5.12. The van der Waals surface area contributed by atoms with E-state index in [2.05, 4.69) is 41.4 Å². The lowest BCUT2D eigenvalue weighted by atomic mass is 9.76. The Kier molecular flexibility index (Phi) is 9.82. The number of aromatic nitrogens is 2. The minimum Gasteiger partial charge on any atom is -0.378 e. The third-order valence-electron chi connectivity index (χ3n) is 7.19. The maximum absolute atomic E-state index is 13.7. The molecule has 2 atom stereocenters. The van der Waals surface area contributed by atoms with E-state index in [1.807, 2.05) is 55.5 Å². The van der Waals surface area contributed by atoms with Crippen molar-refractivity contribution in [1.29, 1.82) is 0 Å². The summed E-state index contributed by atoms with van der Waals surface area (Å²) in [6.45, 7) is 8.02. The Morgan fingerprint density at radius 1 is 1.00 bits per heavy atom. The SMILES string of the molecule is CC[C@@H](NC(=O)C(CC(=O)N1CCOCC1)CC(C)(C)Cc1ccccc1)C(=O)c1nc(-c2ccccc2)no1. The van der Waals surface area contributed by atoms with Gasteiger partial charge in [0.25, 0.3) is 5.89 Å². The summed E-state index contributed by atoms with van der Waals surface area (Å²) in [5.41, 5.74) is 1.63. The van der Waals surface area contributed by atoms with Crippen molar-refractivity contribution in [3.8, 4) is 11.4 Å². The maximum Gasteiger partial charge on any atom is 0.296 e. The van der Waals surface area contributed by atoms with Gasteiger partial charge in [0.05, 0.1) is 19.3 Å². The van der Waals surface area contributed by atoms with E-state index in [4.69, 9.17) is 9.26 Å². The predicted octanol–water partition coefficient (Wildman–Crippen LogP) is 4.34. The Bertz CT molecular complexity index is 1270. The lowest BCUT2D eigenvalue weighted by molar-refractivity contribution is -0.140. The van der Waals surface area contributed by atoms with Gasteiger partial charge < -0.3 is 19.5 Å². The molecule has 0 radical (unpaired) electrons. The fourth-order valence-electron chi connectivity index (χ4n) is 5.12. The first-order valence-electron chi connectivity index (χ1n) is 13.9. The van der Waals surface area contributed by atoms with E-state index in [-0.39, 0.29) is 29.5 Å². The molecule has 1 aliphatic heterocycles. The van der Waals surface area contributed by atoms with Crippen molar-refractivity contribution in [2.24, 2.45) is 11.3 Å². The topological polar surface area (TPSA) is 115 Å². The fraction of sp³-hybridized carbons (Fsp3) is 0.452. The Morgan fingerprint density at radius 3 is 2.30 bits per heavy atom. The zero-order chi connectivity index (χ0) is 28.5. The molecule has 0 aliphatic carbocycles. The Labute approximate surface area is 235 Å². The highest BCUT2D eigenvalue weighted by atomic mass is 16.5. The molecule has 1 saturated heterocycles. The molecule has 9 nitrogen and oxygen atoms in total.